The topological polar surface area (TPSA) is 152 Å². The van der Waals surface area contributed by atoms with Gasteiger partial charge in [-0.1, -0.05) is 0 Å². The Morgan fingerprint density at radius 1 is 1.18 bits per heavy atom. The monoisotopic (exact) mass is 527 g/mol. The summed E-state index contributed by atoms with van der Waals surface area (Å²) in [5, 5.41) is 17.5. The van der Waals surface area contributed by atoms with Crippen molar-refractivity contribution in [3.8, 4) is 0 Å². The van der Waals surface area contributed by atoms with Gasteiger partial charge in [-0.25, -0.2) is 14.8 Å². The molecule has 38 heavy (non-hydrogen) atoms. The van der Waals surface area contributed by atoms with E-state index in [2.05, 4.69) is 20.6 Å². The highest BCUT2D eigenvalue weighted by Crippen LogP contribution is 2.30. The molecule has 2 aliphatic heterocycles. The Bertz CT molecular complexity index is 1170. The summed E-state index contributed by atoms with van der Waals surface area (Å²) in [4.78, 5) is 48.4. The molecule has 0 radical (unpaired) electrons. The Hall–Kier alpha value is -4.00. The average Bonchev–Trinajstić information content (AvgIpc) is 2.88. The van der Waals surface area contributed by atoms with Crippen LogP contribution in [0, 0.1) is 16.0 Å². The lowest BCUT2D eigenvalue weighted by atomic mass is 10.0. The zero-order valence-corrected chi connectivity index (χ0v) is 21.8. The van der Waals surface area contributed by atoms with Crippen molar-refractivity contribution in [2.24, 2.45) is 5.92 Å². The summed E-state index contributed by atoms with van der Waals surface area (Å²) in [5.41, 5.74) is -0.283. The van der Waals surface area contributed by atoms with Crippen molar-refractivity contribution < 1.29 is 24.0 Å². The largest absolute Gasteiger partial charge is 0.444 e. The molecular weight excluding hydrogens is 494 g/mol. The van der Waals surface area contributed by atoms with Crippen molar-refractivity contribution in [3.63, 3.8) is 0 Å². The molecule has 2 fully saturated rings. The van der Waals surface area contributed by atoms with E-state index in [1.165, 1.54) is 12.3 Å². The molecule has 2 amide bonds. The number of rotatable bonds is 6. The van der Waals surface area contributed by atoms with E-state index in [0.717, 1.165) is 12.8 Å². The number of pyridine rings is 2. The van der Waals surface area contributed by atoms with Gasteiger partial charge in [0.1, 0.15) is 17.2 Å². The second kappa shape index (κ2) is 11.6. The lowest BCUT2D eigenvalue weighted by molar-refractivity contribution is -0.384. The molecule has 2 aromatic rings. The van der Waals surface area contributed by atoms with Crippen LogP contribution in [0.1, 0.15) is 33.6 Å². The third-order valence-corrected chi connectivity index (χ3v) is 6.12. The molecule has 204 valence electrons. The summed E-state index contributed by atoms with van der Waals surface area (Å²) in [6.07, 6.45) is 2.71. The molecule has 4 heterocycles. The zero-order valence-electron chi connectivity index (χ0n) is 21.8. The number of hydrogen-bond acceptors (Lipinski definition) is 10. The van der Waals surface area contributed by atoms with Crippen molar-refractivity contribution >= 4 is 40.8 Å². The van der Waals surface area contributed by atoms with Gasteiger partial charge in [0, 0.05) is 56.8 Å². The Labute approximate surface area is 220 Å². The molecule has 2 aliphatic rings. The fourth-order valence-corrected chi connectivity index (χ4v) is 4.19. The first-order valence-corrected chi connectivity index (χ1v) is 12.6. The summed E-state index contributed by atoms with van der Waals surface area (Å²) < 4.78 is 10.8. The second-order valence-corrected chi connectivity index (χ2v) is 10.2. The Kier molecular flexibility index (Phi) is 8.25. The number of amides is 2. The summed E-state index contributed by atoms with van der Waals surface area (Å²) in [7, 11) is 0. The maximum absolute atomic E-state index is 12.5. The highest BCUT2D eigenvalue weighted by atomic mass is 16.6. The van der Waals surface area contributed by atoms with Crippen LogP contribution in [0.25, 0.3) is 0 Å². The number of ether oxygens (including phenoxy) is 2. The van der Waals surface area contributed by atoms with Crippen molar-refractivity contribution in [2.75, 3.05) is 54.9 Å². The van der Waals surface area contributed by atoms with E-state index in [9.17, 15) is 19.7 Å². The van der Waals surface area contributed by atoms with Gasteiger partial charge in [0.15, 0.2) is 0 Å². The molecule has 2 aromatic heterocycles. The number of anilines is 4. The van der Waals surface area contributed by atoms with Gasteiger partial charge in [0.05, 0.1) is 17.4 Å². The van der Waals surface area contributed by atoms with E-state index in [4.69, 9.17) is 9.47 Å². The van der Waals surface area contributed by atoms with E-state index >= 15 is 0 Å². The molecule has 0 spiro atoms. The molecule has 1 atom stereocenters. The lowest BCUT2D eigenvalue weighted by Gasteiger charge is -2.36. The van der Waals surface area contributed by atoms with Gasteiger partial charge in [-0.15, -0.1) is 0 Å². The van der Waals surface area contributed by atoms with Crippen LogP contribution in [0.15, 0.2) is 30.5 Å². The lowest BCUT2D eigenvalue weighted by Crippen LogP contribution is -2.50. The Balaban J connectivity index is 1.45. The van der Waals surface area contributed by atoms with Crippen molar-refractivity contribution in [1.29, 1.82) is 0 Å². The van der Waals surface area contributed by atoms with Crippen molar-refractivity contribution in [1.82, 2.24) is 14.9 Å². The average molecular weight is 528 g/mol. The maximum Gasteiger partial charge on any atom is 0.410 e. The number of nitrogens with zero attached hydrogens (tertiary/aromatic N) is 5. The van der Waals surface area contributed by atoms with Gasteiger partial charge in [-0.2, -0.15) is 0 Å². The molecular formula is C25H33N7O6. The van der Waals surface area contributed by atoms with Crippen LogP contribution in [-0.4, -0.2) is 76.8 Å². The van der Waals surface area contributed by atoms with Crippen LogP contribution in [0.5, 0.6) is 0 Å². The van der Waals surface area contributed by atoms with Gasteiger partial charge in [0.25, 0.3) is 0 Å². The van der Waals surface area contributed by atoms with E-state index in [-0.39, 0.29) is 29.4 Å². The zero-order chi connectivity index (χ0) is 27.3. The van der Waals surface area contributed by atoms with Crippen LogP contribution >= 0.6 is 0 Å². The number of carbonyl (C=O) groups excluding carboxylic acids is 2. The Morgan fingerprint density at radius 2 is 1.95 bits per heavy atom. The molecule has 13 nitrogen and oxygen atoms in total. The quantitative estimate of drug-likeness (QED) is 0.421. The number of carbonyl (C=O) groups is 2. The van der Waals surface area contributed by atoms with Crippen LogP contribution < -0.4 is 15.5 Å². The summed E-state index contributed by atoms with van der Waals surface area (Å²) >= 11 is 0. The van der Waals surface area contributed by atoms with E-state index in [1.54, 1.807) is 23.1 Å². The summed E-state index contributed by atoms with van der Waals surface area (Å²) in [6.45, 7) is 8.38. The maximum atomic E-state index is 12.5. The van der Waals surface area contributed by atoms with Crippen LogP contribution in [-0.2, 0) is 14.3 Å². The van der Waals surface area contributed by atoms with Gasteiger partial charge in [0.2, 0.25) is 11.7 Å². The minimum atomic E-state index is -0.575. The summed E-state index contributed by atoms with van der Waals surface area (Å²) in [5.74, 6) is 0.513. The first kappa shape index (κ1) is 27.0. The molecule has 0 bridgehead atoms. The van der Waals surface area contributed by atoms with Gasteiger partial charge < -0.3 is 29.9 Å². The molecule has 4 rings (SSSR count). The molecule has 13 heteroatoms. The van der Waals surface area contributed by atoms with Crippen LogP contribution in [0.2, 0.25) is 0 Å². The van der Waals surface area contributed by atoms with Crippen LogP contribution in [0.4, 0.5) is 33.6 Å². The van der Waals surface area contributed by atoms with E-state index in [1.807, 2.05) is 25.7 Å². The fourth-order valence-electron chi connectivity index (χ4n) is 4.19. The molecule has 2 saturated heterocycles. The van der Waals surface area contributed by atoms with Gasteiger partial charge in [-0.3, -0.25) is 14.9 Å². The number of piperazine rings is 1. The normalized spacial score (nSPS) is 18.0. The minimum absolute atomic E-state index is 0.0613. The fraction of sp³-hybridized carbons (Fsp3) is 0.520. The number of hydrogen-bond donors (Lipinski definition) is 2. The minimum Gasteiger partial charge on any atom is -0.444 e. The predicted molar refractivity (Wildman–Crippen MR) is 141 cm³/mol. The van der Waals surface area contributed by atoms with Crippen LogP contribution in [0.3, 0.4) is 0 Å². The molecule has 0 aromatic carbocycles. The van der Waals surface area contributed by atoms with Crippen molar-refractivity contribution in [2.45, 2.75) is 39.2 Å². The third kappa shape index (κ3) is 7.06. The smallest absolute Gasteiger partial charge is 0.410 e. The molecule has 1 unspecified atom stereocenters. The van der Waals surface area contributed by atoms with Gasteiger partial charge >= 0.3 is 11.8 Å². The molecule has 0 aliphatic carbocycles. The highest BCUT2D eigenvalue weighted by Gasteiger charge is 2.27. The van der Waals surface area contributed by atoms with Crippen molar-refractivity contribution in [3.05, 3.63) is 40.6 Å². The highest BCUT2D eigenvalue weighted by molar-refractivity contribution is 5.92. The summed E-state index contributed by atoms with van der Waals surface area (Å²) in [6, 6.07) is 6.23. The third-order valence-electron chi connectivity index (χ3n) is 6.12. The second-order valence-electron chi connectivity index (χ2n) is 10.2. The molecule has 0 saturated carbocycles. The van der Waals surface area contributed by atoms with Gasteiger partial charge in [-0.05, 0) is 45.7 Å². The van der Waals surface area contributed by atoms with E-state index < -0.39 is 10.5 Å². The number of nitrogens with one attached hydrogen (secondary N) is 2. The number of nitro groups is 1. The first-order chi connectivity index (χ1) is 18.1. The van der Waals surface area contributed by atoms with E-state index in [0.29, 0.717) is 56.7 Å². The first-order valence-electron chi connectivity index (χ1n) is 12.6. The predicted octanol–water partition coefficient (Wildman–Crippen LogP) is 3.55. The standard InChI is InChI=1S/C25H33N7O6/c1-25(2,3)38-24(34)31-12-10-30(11-13-31)21-7-6-19(32(35)36)22(29-21)27-18-8-9-26-20(15-18)28-23(33)17-5-4-14-37-16-17/h6-9,15,17H,4-5,10-14,16H2,1-3H3,(H2,26,27,28,29,33). The SMILES string of the molecule is CC(C)(C)OC(=O)N1CCN(c2ccc([N+](=O)[O-])c(Nc3ccnc(NC(=O)C4CCCOC4)c3)n2)CC1. The Morgan fingerprint density at radius 3 is 2.61 bits per heavy atom. The molecule has 2 N–H and O–H groups in total. The number of aromatic nitrogens is 2.